The highest BCUT2D eigenvalue weighted by atomic mass is 79.9. The van der Waals surface area contributed by atoms with Crippen LogP contribution in [0, 0.1) is 0 Å². The number of methoxy groups -OCH3 is 1. The average molecular weight is 550 g/mol. The maximum Gasteiger partial charge on any atom is 0.333 e. The van der Waals surface area contributed by atoms with E-state index in [1.54, 1.807) is 31.4 Å². The largest absolute Gasteiger partial charge is 0.492 e. The van der Waals surface area contributed by atoms with Crippen molar-refractivity contribution in [3.05, 3.63) is 63.0 Å². The summed E-state index contributed by atoms with van der Waals surface area (Å²) in [5, 5.41) is 0. The van der Waals surface area contributed by atoms with Crippen LogP contribution in [0.3, 0.4) is 0 Å². The number of halogens is 1. The highest BCUT2D eigenvalue weighted by molar-refractivity contribution is 9.10. The van der Waals surface area contributed by atoms with Crippen LogP contribution in [0.15, 0.2) is 51.8 Å². The van der Waals surface area contributed by atoms with Gasteiger partial charge in [0.1, 0.15) is 4.32 Å². The molecule has 33 heavy (non-hydrogen) atoms. The number of nitrogens with zero attached hydrogens (tertiary/aromatic N) is 1. The molecular formula is C24H24BrNO5S2. The molecule has 0 saturated carbocycles. The van der Waals surface area contributed by atoms with Gasteiger partial charge in [0, 0.05) is 0 Å². The van der Waals surface area contributed by atoms with Gasteiger partial charge in [-0.2, -0.15) is 0 Å². The third-order valence-electron chi connectivity index (χ3n) is 4.70. The minimum Gasteiger partial charge on any atom is -0.492 e. The predicted molar refractivity (Wildman–Crippen MR) is 137 cm³/mol. The number of amides is 1. The van der Waals surface area contributed by atoms with Crippen LogP contribution in [-0.4, -0.2) is 41.4 Å². The van der Waals surface area contributed by atoms with E-state index in [1.807, 2.05) is 38.1 Å². The van der Waals surface area contributed by atoms with Crippen LogP contribution >= 0.6 is 39.9 Å². The Bertz CT molecular complexity index is 1070. The molecule has 0 N–H and O–H groups in total. The van der Waals surface area contributed by atoms with Gasteiger partial charge < -0.3 is 14.2 Å². The summed E-state index contributed by atoms with van der Waals surface area (Å²) >= 11 is 10.2. The first-order chi connectivity index (χ1) is 15.9. The minimum absolute atomic E-state index is 0.271. The van der Waals surface area contributed by atoms with Crippen LogP contribution in [0.5, 0.6) is 11.5 Å². The SMILES string of the molecule is CCCOC(=O)C(c1ccccc1)N1C(=O)/C(=C/c2cc(Br)c(OC)c(OCC)c2)SC1=S. The number of carbonyl (C=O) groups is 2. The number of hydrogen-bond acceptors (Lipinski definition) is 7. The Labute approximate surface area is 211 Å². The Hall–Kier alpha value is -2.36. The van der Waals surface area contributed by atoms with Crippen molar-refractivity contribution in [1.82, 2.24) is 4.90 Å². The fourth-order valence-corrected chi connectivity index (χ4v) is 5.23. The molecule has 6 nitrogen and oxygen atoms in total. The van der Waals surface area contributed by atoms with Crippen molar-refractivity contribution in [3.8, 4) is 11.5 Å². The van der Waals surface area contributed by atoms with E-state index in [1.165, 1.54) is 4.90 Å². The predicted octanol–water partition coefficient (Wildman–Crippen LogP) is 5.75. The molecule has 1 atom stereocenters. The molecule has 1 fully saturated rings. The Morgan fingerprint density at radius 3 is 2.61 bits per heavy atom. The molecule has 1 saturated heterocycles. The summed E-state index contributed by atoms with van der Waals surface area (Å²) in [6.45, 7) is 4.53. The van der Waals surface area contributed by atoms with Crippen LogP contribution in [0.2, 0.25) is 0 Å². The monoisotopic (exact) mass is 549 g/mol. The van der Waals surface area contributed by atoms with Gasteiger partial charge in [0.05, 0.1) is 29.7 Å². The van der Waals surface area contributed by atoms with E-state index in [9.17, 15) is 9.59 Å². The number of esters is 1. The fourth-order valence-electron chi connectivity index (χ4n) is 3.29. The van der Waals surface area contributed by atoms with Crippen molar-refractivity contribution in [1.29, 1.82) is 0 Å². The number of thioether (sulfide) groups is 1. The molecule has 1 aliphatic rings. The normalized spacial score (nSPS) is 15.6. The summed E-state index contributed by atoms with van der Waals surface area (Å²) in [5.41, 5.74) is 1.37. The molecular weight excluding hydrogens is 526 g/mol. The molecule has 0 radical (unpaired) electrons. The van der Waals surface area contributed by atoms with Gasteiger partial charge in [-0.1, -0.05) is 61.2 Å². The molecule has 1 unspecified atom stereocenters. The molecule has 1 amide bonds. The first kappa shape index (κ1) is 25.3. The van der Waals surface area contributed by atoms with Gasteiger partial charge in [0.15, 0.2) is 17.5 Å². The van der Waals surface area contributed by atoms with Gasteiger partial charge in [-0.3, -0.25) is 9.69 Å². The first-order valence-corrected chi connectivity index (χ1v) is 12.4. The number of rotatable bonds is 9. The summed E-state index contributed by atoms with van der Waals surface area (Å²) in [6.07, 6.45) is 2.41. The first-order valence-electron chi connectivity index (χ1n) is 10.4. The Balaban J connectivity index is 1.97. The van der Waals surface area contributed by atoms with Crippen molar-refractivity contribution in [2.24, 2.45) is 0 Å². The van der Waals surface area contributed by atoms with E-state index < -0.39 is 12.0 Å². The number of thiocarbonyl (C=S) groups is 1. The van der Waals surface area contributed by atoms with Gasteiger partial charge in [0.2, 0.25) is 0 Å². The summed E-state index contributed by atoms with van der Waals surface area (Å²) < 4.78 is 17.5. The maximum absolute atomic E-state index is 13.4. The highest BCUT2D eigenvalue weighted by Gasteiger charge is 2.42. The fraction of sp³-hybridized carbons (Fsp3) is 0.292. The van der Waals surface area contributed by atoms with Crippen LogP contribution in [-0.2, 0) is 14.3 Å². The van der Waals surface area contributed by atoms with E-state index in [4.69, 9.17) is 26.4 Å². The second kappa shape index (κ2) is 11.7. The van der Waals surface area contributed by atoms with Crippen molar-refractivity contribution < 1.29 is 23.8 Å². The summed E-state index contributed by atoms with van der Waals surface area (Å²) in [7, 11) is 1.56. The Morgan fingerprint density at radius 1 is 1.24 bits per heavy atom. The van der Waals surface area contributed by atoms with Crippen molar-refractivity contribution in [3.63, 3.8) is 0 Å². The molecule has 1 aliphatic heterocycles. The lowest BCUT2D eigenvalue weighted by molar-refractivity contribution is -0.151. The zero-order chi connectivity index (χ0) is 24.0. The van der Waals surface area contributed by atoms with E-state index in [-0.39, 0.29) is 12.5 Å². The number of benzene rings is 2. The Morgan fingerprint density at radius 2 is 1.97 bits per heavy atom. The zero-order valence-electron chi connectivity index (χ0n) is 18.5. The standard InChI is InChI=1S/C24H24BrNO5S2/c1-4-11-31-23(28)20(16-9-7-6-8-10-16)26-22(27)19(33-24(26)32)14-15-12-17(25)21(29-3)18(13-15)30-5-2/h6-10,12-14,20H,4-5,11H2,1-3H3/b19-14-. The van der Waals surface area contributed by atoms with Gasteiger partial charge in [0.25, 0.3) is 5.91 Å². The van der Waals surface area contributed by atoms with E-state index in [2.05, 4.69) is 15.9 Å². The molecule has 9 heteroatoms. The molecule has 1 heterocycles. The molecule has 0 aromatic heterocycles. The van der Waals surface area contributed by atoms with Crippen LogP contribution in [0.25, 0.3) is 6.08 Å². The van der Waals surface area contributed by atoms with Crippen LogP contribution < -0.4 is 9.47 Å². The number of hydrogen-bond donors (Lipinski definition) is 0. The van der Waals surface area contributed by atoms with E-state index in [0.717, 1.165) is 17.3 Å². The smallest absolute Gasteiger partial charge is 0.333 e. The van der Waals surface area contributed by atoms with Gasteiger partial charge >= 0.3 is 5.97 Å². The summed E-state index contributed by atoms with van der Waals surface area (Å²) in [4.78, 5) is 28.1. The van der Waals surface area contributed by atoms with Gasteiger partial charge in [-0.05, 0) is 58.6 Å². The highest BCUT2D eigenvalue weighted by Crippen LogP contribution is 2.41. The number of ether oxygens (including phenoxy) is 3. The van der Waals surface area contributed by atoms with Crippen LogP contribution in [0.4, 0.5) is 0 Å². The minimum atomic E-state index is -0.947. The molecule has 0 bridgehead atoms. The summed E-state index contributed by atoms with van der Waals surface area (Å²) in [6, 6.07) is 11.7. The summed E-state index contributed by atoms with van der Waals surface area (Å²) in [5.74, 6) is 0.273. The van der Waals surface area contributed by atoms with Gasteiger partial charge in [-0.25, -0.2) is 4.79 Å². The van der Waals surface area contributed by atoms with Crippen molar-refractivity contribution in [2.75, 3.05) is 20.3 Å². The van der Waals surface area contributed by atoms with E-state index in [0.29, 0.717) is 43.8 Å². The average Bonchev–Trinajstić information content (AvgIpc) is 3.06. The molecule has 0 spiro atoms. The second-order valence-electron chi connectivity index (χ2n) is 7.00. The third kappa shape index (κ3) is 5.77. The van der Waals surface area contributed by atoms with Gasteiger partial charge in [-0.15, -0.1) is 0 Å². The Kier molecular flexibility index (Phi) is 8.94. The maximum atomic E-state index is 13.4. The topological polar surface area (TPSA) is 65.1 Å². The van der Waals surface area contributed by atoms with Crippen molar-refractivity contribution >= 4 is 62.2 Å². The second-order valence-corrected chi connectivity index (χ2v) is 9.53. The molecule has 2 aromatic rings. The number of carbonyl (C=O) groups excluding carboxylic acids is 2. The lowest BCUT2D eigenvalue weighted by atomic mass is 10.1. The van der Waals surface area contributed by atoms with E-state index >= 15 is 0 Å². The molecule has 0 aliphatic carbocycles. The molecule has 174 valence electrons. The third-order valence-corrected chi connectivity index (χ3v) is 6.62. The molecule has 3 rings (SSSR count). The zero-order valence-corrected chi connectivity index (χ0v) is 21.7. The van der Waals surface area contributed by atoms with Crippen molar-refractivity contribution in [2.45, 2.75) is 26.3 Å². The lowest BCUT2D eigenvalue weighted by Crippen LogP contribution is -2.38. The molecule has 2 aromatic carbocycles. The van der Waals surface area contributed by atoms with Crippen LogP contribution in [0.1, 0.15) is 37.4 Å². The lowest BCUT2D eigenvalue weighted by Gasteiger charge is -2.25. The quantitative estimate of drug-likeness (QED) is 0.224.